The molecular weight excluding hydrogens is 222 g/mol. The summed E-state index contributed by atoms with van der Waals surface area (Å²) in [6, 6.07) is 8.52. The minimum absolute atomic E-state index is 0.146. The van der Waals surface area contributed by atoms with Gasteiger partial charge in [0.2, 0.25) is 0 Å². The van der Waals surface area contributed by atoms with Gasteiger partial charge in [-0.25, -0.2) is 4.79 Å². The molecule has 0 saturated carbocycles. The fourth-order valence-electron chi connectivity index (χ4n) is 0.908. The van der Waals surface area contributed by atoms with Crippen LogP contribution in [-0.2, 0) is 9.53 Å². The van der Waals surface area contributed by atoms with Crippen molar-refractivity contribution >= 4 is 5.97 Å². The number of carboxylic acids is 1. The molecule has 0 heterocycles. The Kier molecular flexibility index (Phi) is 4.19. The molecule has 0 radical (unpaired) electrons. The lowest BCUT2D eigenvalue weighted by atomic mass is 10.3. The number of rotatable bonds is 6. The zero-order valence-corrected chi connectivity index (χ0v) is 8.23. The Morgan fingerprint density at radius 1 is 1.25 bits per heavy atom. The van der Waals surface area contributed by atoms with E-state index in [0.29, 0.717) is 5.75 Å². The Morgan fingerprint density at radius 2 is 1.88 bits per heavy atom. The monoisotopic (exact) mass is 232 g/mol. The number of aliphatic carboxylic acids is 1. The highest BCUT2D eigenvalue weighted by Gasteiger charge is 2.40. The number of hydrogen-bond acceptors (Lipinski definition) is 3. The van der Waals surface area contributed by atoms with E-state index in [0.717, 1.165) is 0 Å². The van der Waals surface area contributed by atoms with Crippen LogP contribution in [0.5, 0.6) is 5.75 Å². The lowest BCUT2D eigenvalue weighted by molar-refractivity contribution is -0.247. The van der Waals surface area contributed by atoms with E-state index in [1.54, 1.807) is 30.3 Å². The molecule has 0 fully saturated rings. The van der Waals surface area contributed by atoms with Crippen molar-refractivity contribution in [2.75, 3.05) is 13.2 Å². The first-order valence-corrected chi connectivity index (χ1v) is 4.45. The molecule has 1 aromatic carbocycles. The van der Waals surface area contributed by atoms with E-state index < -0.39 is 18.7 Å². The molecule has 1 N–H and O–H groups in total. The van der Waals surface area contributed by atoms with Crippen molar-refractivity contribution in [1.29, 1.82) is 0 Å². The van der Waals surface area contributed by atoms with Crippen molar-refractivity contribution < 1.29 is 28.2 Å². The maximum Gasteiger partial charge on any atom is 0.456 e. The van der Waals surface area contributed by atoms with Crippen molar-refractivity contribution in [3.63, 3.8) is 0 Å². The summed E-state index contributed by atoms with van der Waals surface area (Å²) < 4.78 is 33.7. The molecule has 16 heavy (non-hydrogen) atoms. The largest absolute Gasteiger partial charge is 0.491 e. The van der Waals surface area contributed by atoms with Gasteiger partial charge in [-0.15, -0.1) is 0 Å². The molecule has 6 heteroatoms. The molecule has 0 aliphatic heterocycles. The molecule has 0 aliphatic carbocycles. The second-order valence-corrected chi connectivity index (χ2v) is 2.83. The van der Waals surface area contributed by atoms with Crippen LogP contribution in [0.3, 0.4) is 0 Å². The molecule has 0 saturated heterocycles. The molecule has 88 valence electrons. The fraction of sp³-hybridized carbons (Fsp3) is 0.300. The standard InChI is InChI=1S/C10H10F2O4/c11-10(12,9(13)14)16-7-6-15-8-4-2-1-3-5-8/h1-5H,6-7H2,(H,13,14). The molecule has 1 aromatic rings. The van der Waals surface area contributed by atoms with Gasteiger partial charge in [-0.2, -0.15) is 8.78 Å². The zero-order chi connectivity index (χ0) is 12.0. The van der Waals surface area contributed by atoms with Crippen molar-refractivity contribution in [1.82, 2.24) is 0 Å². The first-order chi connectivity index (χ1) is 7.52. The van der Waals surface area contributed by atoms with E-state index in [1.807, 2.05) is 0 Å². The predicted molar refractivity (Wildman–Crippen MR) is 50.5 cm³/mol. The molecule has 0 unspecified atom stereocenters. The van der Waals surface area contributed by atoms with Crippen molar-refractivity contribution in [3.05, 3.63) is 30.3 Å². The van der Waals surface area contributed by atoms with E-state index in [-0.39, 0.29) is 6.61 Å². The number of benzene rings is 1. The molecule has 4 nitrogen and oxygen atoms in total. The van der Waals surface area contributed by atoms with E-state index in [1.165, 1.54) is 0 Å². The molecule has 0 aliphatic rings. The highest BCUT2D eigenvalue weighted by molar-refractivity contribution is 5.73. The molecule has 0 amide bonds. The van der Waals surface area contributed by atoms with Gasteiger partial charge in [0.05, 0.1) is 6.61 Å². The normalized spacial score (nSPS) is 11.1. The summed E-state index contributed by atoms with van der Waals surface area (Å²) >= 11 is 0. The third kappa shape index (κ3) is 3.82. The van der Waals surface area contributed by atoms with E-state index in [2.05, 4.69) is 4.74 Å². The van der Waals surface area contributed by atoms with E-state index >= 15 is 0 Å². The van der Waals surface area contributed by atoms with Gasteiger partial charge >= 0.3 is 12.1 Å². The lowest BCUT2D eigenvalue weighted by Crippen LogP contribution is -2.33. The molecule has 0 atom stereocenters. The van der Waals surface area contributed by atoms with Gasteiger partial charge in [0.25, 0.3) is 0 Å². The summed E-state index contributed by atoms with van der Waals surface area (Å²) in [5.41, 5.74) is 0. The summed E-state index contributed by atoms with van der Waals surface area (Å²) in [5.74, 6) is -1.81. The second kappa shape index (κ2) is 5.41. The van der Waals surface area contributed by atoms with Crippen molar-refractivity contribution in [2.24, 2.45) is 0 Å². The van der Waals surface area contributed by atoms with Gasteiger partial charge < -0.3 is 14.6 Å². The summed E-state index contributed by atoms with van der Waals surface area (Å²) in [4.78, 5) is 9.97. The van der Waals surface area contributed by atoms with Crippen molar-refractivity contribution in [2.45, 2.75) is 6.11 Å². The summed E-state index contributed by atoms with van der Waals surface area (Å²) in [5, 5.41) is 8.04. The number of para-hydroxylation sites is 1. The molecular formula is C10H10F2O4. The Balaban J connectivity index is 2.25. The Hall–Kier alpha value is -1.69. The van der Waals surface area contributed by atoms with Crippen LogP contribution in [0.2, 0.25) is 0 Å². The quantitative estimate of drug-likeness (QED) is 0.759. The van der Waals surface area contributed by atoms with E-state index in [9.17, 15) is 13.6 Å². The predicted octanol–water partition coefficient (Wildman–Crippen LogP) is 1.76. The minimum Gasteiger partial charge on any atom is -0.491 e. The molecule has 1 rings (SSSR count). The fourth-order valence-corrected chi connectivity index (χ4v) is 0.908. The summed E-state index contributed by atoms with van der Waals surface area (Å²) in [6.45, 7) is -0.652. The topological polar surface area (TPSA) is 55.8 Å². The first-order valence-electron chi connectivity index (χ1n) is 4.45. The van der Waals surface area contributed by atoms with Gasteiger partial charge in [-0.05, 0) is 12.1 Å². The third-order valence-corrected chi connectivity index (χ3v) is 1.63. The number of carbonyl (C=O) groups is 1. The van der Waals surface area contributed by atoms with Crippen molar-refractivity contribution in [3.8, 4) is 5.75 Å². The molecule has 0 spiro atoms. The Morgan fingerprint density at radius 3 is 2.44 bits per heavy atom. The Bertz CT molecular complexity index is 340. The second-order valence-electron chi connectivity index (χ2n) is 2.83. The number of ether oxygens (including phenoxy) is 2. The van der Waals surface area contributed by atoms with Crippen LogP contribution in [0.1, 0.15) is 0 Å². The van der Waals surface area contributed by atoms with Gasteiger partial charge in [0, 0.05) is 0 Å². The molecule has 0 bridgehead atoms. The van der Waals surface area contributed by atoms with Gasteiger partial charge in [-0.1, -0.05) is 18.2 Å². The number of halogens is 2. The first kappa shape index (κ1) is 12.4. The van der Waals surface area contributed by atoms with Crippen LogP contribution in [-0.4, -0.2) is 30.4 Å². The van der Waals surface area contributed by atoms with Crippen LogP contribution >= 0.6 is 0 Å². The maximum absolute atomic E-state index is 12.4. The van der Waals surface area contributed by atoms with Gasteiger partial charge in [0.1, 0.15) is 12.4 Å². The number of hydrogen-bond donors (Lipinski definition) is 1. The van der Waals surface area contributed by atoms with Crippen LogP contribution < -0.4 is 4.74 Å². The molecule has 0 aromatic heterocycles. The maximum atomic E-state index is 12.4. The van der Waals surface area contributed by atoms with E-state index in [4.69, 9.17) is 9.84 Å². The lowest BCUT2D eigenvalue weighted by Gasteiger charge is -2.12. The van der Waals surface area contributed by atoms with Crippen LogP contribution in [0.15, 0.2) is 30.3 Å². The number of alkyl halides is 2. The summed E-state index contributed by atoms with van der Waals surface area (Å²) in [7, 11) is 0. The van der Waals surface area contributed by atoms with Gasteiger partial charge in [0.15, 0.2) is 0 Å². The SMILES string of the molecule is O=C(O)C(F)(F)OCCOc1ccccc1. The number of carboxylic acid groups (broad SMARTS) is 1. The average Bonchev–Trinajstić information content (AvgIpc) is 2.26. The van der Waals surface area contributed by atoms with Crippen LogP contribution in [0, 0.1) is 0 Å². The minimum atomic E-state index is -4.17. The highest BCUT2D eigenvalue weighted by atomic mass is 19.3. The third-order valence-electron chi connectivity index (χ3n) is 1.63. The average molecular weight is 232 g/mol. The van der Waals surface area contributed by atoms with Crippen LogP contribution in [0.4, 0.5) is 8.78 Å². The Labute approximate surface area is 90.4 Å². The van der Waals surface area contributed by atoms with Gasteiger partial charge in [-0.3, -0.25) is 0 Å². The zero-order valence-electron chi connectivity index (χ0n) is 8.23. The summed E-state index contributed by atoms with van der Waals surface area (Å²) in [6.07, 6.45) is -4.17. The van der Waals surface area contributed by atoms with Crippen LogP contribution in [0.25, 0.3) is 0 Å². The smallest absolute Gasteiger partial charge is 0.456 e. The highest BCUT2D eigenvalue weighted by Crippen LogP contribution is 2.15.